The van der Waals surface area contributed by atoms with E-state index in [-0.39, 0.29) is 5.91 Å². The Morgan fingerprint density at radius 2 is 2.26 bits per heavy atom. The number of hydrogen-bond acceptors (Lipinski definition) is 3. The van der Waals surface area contributed by atoms with Crippen LogP contribution in [-0.2, 0) is 6.42 Å². The maximum atomic E-state index is 12.1. The van der Waals surface area contributed by atoms with Gasteiger partial charge in [-0.1, -0.05) is 6.92 Å². The standard InChI is InChI=1S/C14H13N3OS/c1-2-11-4-6-13(19-11)14(18)16-10-3-5-12-9(7-10)8-15-17-12/h3-8H,2H2,1H3,(H,15,17)(H,16,18). The maximum Gasteiger partial charge on any atom is 0.265 e. The fourth-order valence-corrected chi connectivity index (χ4v) is 2.75. The molecule has 0 bridgehead atoms. The lowest BCUT2D eigenvalue weighted by Gasteiger charge is -2.03. The van der Waals surface area contributed by atoms with E-state index in [1.165, 1.54) is 16.2 Å². The van der Waals surface area contributed by atoms with Crippen LogP contribution in [0.2, 0.25) is 0 Å². The van der Waals surface area contributed by atoms with E-state index in [2.05, 4.69) is 22.4 Å². The average molecular weight is 271 g/mol. The quantitative estimate of drug-likeness (QED) is 0.766. The zero-order valence-electron chi connectivity index (χ0n) is 10.4. The molecular weight excluding hydrogens is 258 g/mol. The minimum absolute atomic E-state index is 0.0625. The Morgan fingerprint density at radius 1 is 1.37 bits per heavy atom. The van der Waals surface area contributed by atoms with E-state index in [9.17, 15) is 4.79 Å². The van der Waals surface area contributed by atoms with Crippen molar-refractivity contribution in [2.24, 2.45) is 0 Å². The smallest absolute Gasteiger partial charge is 0.265 e. The van der Waals surface area contributed by atoms with Crippen molar-refractivity contribution in [2.45, 2.75) is 13.3 Å². The third-order valence-corrected chi connectivity index (χ3v) is 4.16. The summed E-state index contributed by atoms with van der Waals surface area (Å²) < 4.78 is 0. The van der Waals surface area contributed by atoms with Crippen molar-refractivity contribution in [1.82, 2.24) is 10.2 Å². The van der Waals surface area contributed by atoms with Gasteiger partial charge in [-0.05, 0) is 36.8 Å². The molecule has 2 N–H and O–H groups in total. The van der Waals surface area contributed by atoms with Crippen LogP contribution in [0.5, 0.6) is 0 Å². The highest BCUT2D eigenvalue weighted by atomic mass is 32.1. The van der Waals surface area contributed by atoms with Gasteiger partial charge < -0.3 is 5.32 Å². The number of carbonyl (C=O) groups excluding carboxylic acids is 1. The van der Waals surface area contributed by atoms with Crippen molar-refractivity contribution < 1.29 is 4.79 Å². The van der Waals surface area contributed by atoms with Gasteiger partial charge in [0.15, 0.2) is 0 Å². The van der Waals surface area contributed by atoms with E-state index in [1.807, 2.05) is 30.3 Å². The average Bonchev–Trinajstić information content (AvgIpc) is 3.06. The van der Waals surface area contributed by atoms with Gasteiger partial charge in [0.25, 0.3) is 5.91 Å². The Kier molecular flexibility index (Phi) is 3.05. The molecule has 0 aliphatic carbocycles. The van der Waals surface area contributed by atoms with Crippen molar-refractivity contribution in [1.29, 1.82) is 0 Å². The van der Waals surface area contributed by atoms with Crippen LogP contribution in [0.1, 0.15) is 21.5 Å². The minimum Gasteiger partial charge on any atom is -0.321 e. The molecule has 0 saturated heterocycles. The molecule has 0 aliphatic rings. The predicted molar refractivity (Wildman–Crippen MR) is 77.7 cm³/mol. The van der Waals surface area contributed by atoms with Crippen molar-refractivity contribution in [2.75, 3.05) is 5.32 Å². The highest BCUT2D eigenvalue weighted by molar-refractivity contribution is 7.14. The largest absolute Gasteiger partial charge is 0.321 e. The lowest BCUT2D eigenvalue weighted by molar-refractivity contribution is 0.103. The number of aryl methyl sites for hydroxylation is 1. The van der Waals surface area contributed by atoms with E-state index in [1.54, 1.807) is 6.20 Å². The summed E-state index contributed by atoms with van der Waals surface area (Å²) >= 11 is 1.53. The van der Waals surface area contributed by atoms with Crippen LogP contribution in [-0.4, -0.2) is 16.1 Å². The number of nitrogens with one attached hydrogen (secondary N) is 2. The molecule has 5 heteroatoms. The predicted octanol–water partition coefficient (Wildman–Crippen LogP) is 3.44. The van der Waals surface area contributed by atoms with Crippen LogP contribution in [0.4, 0.5) is 5.69 Å². The second-order valence-corrected chi connectivity index (χ2v) is 5.41. The van der Waals surface area contributed by atoms with Crippen LogP contribution >= 0.6 is 11.3 Å². The molecule has 1 amide bonds. The highest BCUT2D eigenvalue weighted by Gasteiger charge is 2.09. The first kappa shape index (κ1) is 11.9. The maximum absolute atomic E-state index is 12.1. The van der Waals surface area contributed by atoms with Gasteiger partial charge in [-0.2, -0.15) is 5.10 Å². The summed E-state index contributed by atoms with van der Waals surface area (Å²) in [5.74, 6) is -0.0625. The fourth-order valence-electron chi connectivity index (χ4n) is 1.90. The summed E-state index contributed by atoms with van der Waals surface area (Å²) in [4.78, 5) is 14.1. The number of H-pyrrole nitrogens is 1. The second kappa shape index (κ2) is 4.85. The number of aromatic nitrogens is 2. The third kappa shape index (κ3) is 2.37. The van der Waals surface area contributed by atoms with Crippen molar-refractivity contribution in [3.8, 4) is 0 Å². The monoisotopic (exact) mass is 271 g/mol. The van der Waals surface area contributed by atoms with E-state index in [4.69, 9.17) is 0 Å². The van der Waals surface area contributed by atoms with Gasteiger partial charge in [-0.25, -0.2) is 0 Å². The molecule has 2 heterocycles. The number of hydrogen-bond donors (Lipinski definition) is 2. The molecule has 3 rings (SSSR count). The molecule has 19 heavy (non-hydrogen) atoms. The van der Waals surface area contributed by atoms with Crippen LogP contribution in [0.25, 0.3) is 10.9 Å². The van der Waals surface area contributed by atoms with Crippen molar-refractivity contribution in [3.05, 3.63) is 46.3 Å². The lowest BCUT2D eigenvalue weighted by atomic mass is 10.2. The second-order valence-electron chi connectivity index (χ2n) is 4.25. The summed E-state index contributed by atoms with van der Waals surface area (Å²) in [6.07, 6.45) is 2.70. The Hall–Kier alpha value is -2.14. The molecule has 0 saturated carbocycles. The number of benzene rings is 1. The fraction of sp³-hybridized carbons (Fsp3) is 0.143. The first-order chi connectivity index (χ1) is 9.26. The molecule has 0 radical (unpaired) electrons. The van der Waals surface area contributed by atoms with Crippen molar-refractivity contribution >= 4 is 33.8 Å². The molecule has 0 unspecified atom stereocenters. The van der Waals surface area contributed by atoms with Crippen molar-refractivity contribution in [3.63, 3.8) is 0 Å². The van der Waals surface area contributed by atoms with Crippen LogP contribution in [0.3, 0.4) is 0 Å². The number of rotatable bonds is 3. The van der Waals surface area contributed by atoms with Gasteiger partial charge in [0.2, 0.25) is 0 Å². The first-order valence-electron chi connectivity index (χ1n) is 6.09. The Balaban J connectivity index is 1.81. The Morgan fingerprint density at radius 3 is 3.05 bits per heavy atom. The Labute approximate surface area is 114 Å². The van der Waals surface area contributed by atoms with Gasteiger partial charge in [0.05, 0.1) is 16.6 Å². The highest BCUT2D eigenvalue weighted by Crippen LogP contribution is 2.20. The molecule has 0 spiro atoms. The third-order valence-electron chi connectivity index (χ3n) is 2.93. The van der Waals surface area contributed by atoms with E-state index < -0.39 is 0 Å². The summed E-state index contributed by atoms with van der Waals surface area (Å²) in [5, 5.41) is 10.7. The molecule has 1 aromatic carbocycles. The summed E-state index contributed by atoms with van der Waals surface area (Å²) in [6.45, 7) is 2.08. The topological polar surface area (TPSA) is 57.8 Å². The number of thiophene rings is 1. The van der Waals surface area contributed by atoms with Gasteiger partial charge in [0.1, 0.15) is 0 Å². The summed E-state index contributed by atoms with van der Waals surface area (Å²) in [7, 11) is 0. The van der Waals surface area contributed by atoms with Crippen LogP contribution < -0.4 is 5.32 Å². The lowest BCUT2D eigenvalue weighted by Crippen LogP contribution is -2.09. The molecule has 0 atom stereocenters. The van der Waals surface area contributed by atoms with Crippen LogP contribution in [0, 0.1) is 0 Å². The van der Waals surface area contributed by atoms with Gasteiger partial charge in [0, 0.05) is 16.0 Å². The van der Waals surface area contributed by atoms with E-state index >= 15 is 0 Å². The molecule has 3 aromatic rings. The molecular formula is C14H13N3OS. The SMILES string of the molecule is CCc1ccc(C(=O)Nc2ccc3[nH]ncc3c2)s1. The number of anilines is 1. The van der Waals surface area contributed by atoms with Gasteiger partial charge in [-0.15, -0.1) is 11.3 Å². The van der Waals surface area contributed by atoms with Gasteiger partial charge >= 0.3 is 0 Å². The van der Waals surface area contributed by atoms with E-state index in [0.29, 0.717) is 0 Å². The molecule has 4 nitrogen and oxygen atoms in total. The summed E-state index contributed by atoms with van der Waals surface area (Å²) in [6, 6.07) is 9.55. The molecule has 0 aliphatic heterocycles. The number of carbonyl (C=O) groups is 1. The normalized spacial score (nSPS) is 10.8. The number of fused-ring (bicyclic) bond motifs is 1. The number of nitrogens with zero attached hydrogens (tertiary/aromatic N) is 1. The minimum atomic E-state index is -0.0625. The van der Waals surface area contributed by atoms with E-state index in [0.717, 1.165) is 27.9 Å². The Bertz CT molecular complexity index is 729. The first-order valence-corrected chi connectivity index (χ1v) is 6.91. The van der Waals surface area contributed by atoms with Crippen LogP contribution in [0.15, 0.2) is 36.5 Å². The zero-order valence-corrected chi connectivity index (χ0v) is 11.3. The number of amides is 1. The molecule has 2 aromatic heterocycles. The zero-order chi connectivity index (χ0) is 13.2. The number of aromatic amines is 1. The van der Waals surface area contributed by atoms with Gasteiger partial charge in [-0.3, -0.25) is 9.89 Å². The summed E-state index contributed by atoms with van der Waals surface area (Å²) in [5.41, 5.74) is 1.74. The molecule has 96 valence electrons. The molecule has 0 fully saturated rings.